The smallest absolute Gasteiger partial charge is 0.293 e. The van der Waals surface area contributed by atoms with Gasteiger partial charge in [0.1, 0.15) is 0 Å². The van der Waals surface area contributed by atoms with Crippen LogP contribution in [0.3, 0.4) is 0 Å². The Hall–Kier alpha value is -3.82. The van der Waals surface area contributed by atoms with E-state index in [0.717, 1.165) is 28.1 Å². The highest BCUT2D eigenvalue weighted by atomic mass is 32.2. The molecule has 5 rings (SSSR count). The summed E-state index contributed by atoms with van der Waals surface area (Å²) in [6.45, 7) is 4.51. The summed E-state index contributed by atoms with van der Waals surface area (Å²) in [5.74, 6) is 0.461. The van der Waals surface area contributed by atoms with Crippen molar-refractivity contribution in [1.82, 2.24) is 9.80 Å². The fourth-order valence-corrected chi connectivity index (χ4v) is 5.27. The first-order valence-electron chi connectivity index (χ1n) is 12.5. The first-order chi connectivity index (χ1) is 18.5. The minimum Gasteiger partial charge on any atom is -0.490 e. The molecule has 0 bridgehead atoms. The lowest BCUT2D eigenvalue weighted by Gasteiger charge is -2.26. The molecule has 9 heteroatoms. The Morgan fingerprint density at radius 2 is 1.79 bits per heavy atom. The highest BCUT2D eigenvalue weighted by Gasteiger charge is 2.35. The molecular formula is C29H28N2O6S. The molecule has 196 valence electrons. The molecular weight excluding hydrogens is 504 g/mol. The number of carbonyl (C=O) groups excluding carboxylic acids is 3. The maximum Gasteiger partial charge on any atom is 0.293 e. The minimum atomic E-state index is -0.331. The van der Waals surface area contributed by atoms with Gasteiger partial charge in [-0.15, -0.1) is 0 Å². The first-order valence-corrected chi connectivity index (χ1v) is 13.3. The van der Waals surface area contributed by atoms with Crippen LogP contribution in [-0.4, -0.2) is 66.4 Å². The van der Waals surface area contributed by atoms with E-state index in [2.05, 4.69) is 0 Å². The second kappa shape index (κ2) is 11.7. The van der Waals surface area contributed by atoms with Gasteiger partial charge in [-0.2, -0.15) is 0 Å². The number of ether oxygens (including phenoxy) is 3. The third-order valence-electron chi connectivity index (χ3n) is 6.36. The number of rotatable bonds is 8. The summed E-state index contributed by atoms with van der Waals surface area (Å²) in [5.41, 5.74) is 1.61. The monoisotopic (exact) mass is 532 g/mol. The number of benzene rings is 3. The standard InChI is InChI=1S/C29H28N2O6S/c1-2-36-25-16-20(10-11-24(25)37-19-27(32)30-12-14-35-15-13-30)17-26-28(33)31(29(34)38-26)18-22-8-5-7-21-6-3-4-9-23(21)22/h3-11,16-17H,2,12-15,18-19H2,1H3/b26-17-. The second-order valence-corrected chi connectivity index (χ2v) is 9.82. The van der Waals surface area contributed by atoms with Gasteiger partial charge in [0.05, 0.1) is 31.3 Å². The van der Waals surface area contributed by atoms with Crippen LogP contribution in [0.2, 0.25) is 0 Å². The summed E-state index contributed by atoms with van der Waals surface area (Å²) in [4.78, 5) is 41.7. The number of morpholine rings is 1. The number of nitrogens with zero attached hydrogens (tertiary/aromatic N) is 2. The summed E-state index contributed by atoms with van der Waals surface area (Å²) in [6.07, 6.45) is 1.68. The van der Waals surface area contributed by atoms with Crippen LogP contribution in [0.4, 0.5) is 4.79 Å². The van der Waals surface area contributed by atoms with Crippen LogP contribution < -0.4 is 9.47 Å². The van der Waals surface area contributed by atoms with Gasteiger partial charge in [-0.3, -0.25) is 19.3 Å². The zero-order chi connectivity index (χ0) is 26.5. The number of hydrogen-bond acceptors (Lipinski definition) is 7. The molecule has 2 fully saturated rings. The summed E-state index contributed by atoms with van der Waals surface area (Å²) in [5, 5.41) is 1.77. The van der Waals surface area contributed by atoms with Gasteiger partial charge in [-0.1, -0.05) is 48.5 Å². The third kappa shape index (κ3) is 5.69. The van der Waals surface area contributed by atoms with Gasteiger partial charge in [0.25, 0.3) is 17.1 Å². The van der Waals surface area contributed by atoms with E-state index < -0.39 is 0 Å². The van der Waals surface area contributed by atoms with Gasteiger partial charge in [0.15, 0.2) is 18.1 Å². The molecule has 3 amide bonds. The van der Waals surface area contributed by atoms with Gasteiger partial charge < -0.3 is 19.1 Å². The molecule has 2 saturated heterocycles. The highest BCUT2D eigenvalue weighted by molar-refractivity contribution is 8.18. The van der Waals surface area contributed by atoms with E-state index in [4.69, 9.17) is 14.2 Å². The average molecular weight is 533 g/mol. The van der Waals surface area contributed by atoms with Crippen molar-refractivity contribution < 1.29 is 28.6 Å². The van der Waals surface area contributed by atoms with Crippen LogP contribution in [0.1, 0.15) is 18.1 Å². The van der Waals surface area contributed by atoms with Gasteiger partial charge in [-0.05, 0) is 58.8 Å². The Balaban J connectivity index is 1.30. The van der Waals surface area contributed by atoms with Gasteiger partial charge in [0.2, 0.25) is 0 Å². The molecule has 2 aliphatic heterocycles. The molecule has 0 unspecified atom stereocenters. The molecule has 3 aromatic rings. The molecule has 0 spiro atoms. The van der Waals surface area contributed by atoms with Crippen molar-refractivity contribution in [1.29, 1.82) is 0 Å². The second-order valence-electron chi connectivity index (χ2n) is 8.83. The van der Waals surface area contributed by atoms with Crippen LogP contribution in [0.15, 0.2) is 65.6 Å². The highest BCUT2D eigenvalue weighted by Crippen LogP contribution is 2.36. The Morgan fingerprint density at radius 1 is 1.00 bits per heavy atom. The van der Waals surface area contributed by atoms with Crippen molar-refractivity contribution in [3.63, 3.8) is 0 Å². The first kappa shape index (κ1) is 25.8. The summed E-state index contributed by atoms with van der Waals surface area (Å²) in [7, 11) is 0. The molecule has 3 aromatic carbocycles. The van der Waals surface area contributed by atoms with Crippen LogP contribution in [-0.2, 0) is 20.9 Å². The number of imide groups is 1. The lowest BCUT2D eigenvalue weighted by molar-refractivity contribution is -0.137. The molecule has 2 aliphatic rings. The topological polar surface area (TPSA) is 85.4 Å². The lowest BCUT2D eigenvalue weighted by Crippen LogP contribution is -2.43. The lowest BCUT2D eigenvalue weighted by atomic mass is 10.0. The predicted molar refractivity (Wildman–Crippen MR) is 146 cm³/mol. The minimum absolute atomic E-state index is 0.105. The number of carbonyl (C=O) groups is 3. The van der Waals surface area contributed by atoms with Crippen LogP contribution >= 0.6 is 11.8 Å². The third-order valence-corrected chi connectivity index (χ3v) is 7.27. The normalized spacial score (nSPS) is 16.9. The summed E-state index contributed by atoms with van der Waals surface area (Å²) < 4.78 is 16.8. The Kier molecular flexibility index (Phi) is 7.95. The van der Waals surface area contributed by atoms with E-state index in [9.17, 15) is 14.4 Å². The van der Waals surface area contributed by atoms with E-state index in [1.165, 1.54) is 4.90 Å². The number of hydrogen-bond donors (Lipinski definition) is 0. The Labute approximate surface area is 225 Å². The van der Waals surface area contributed by atoms with Crippen molar-refractivity contribution in [3.05, 3.63) is 76.7 Å². The zero-order valence-electron chi connectivity index (χ0n) is 21.1. The van der Waals surface area contributed by atoms with Gasteiger partial charge >= 0.3 is 0 Å². The van der Waals surface area contributed by atoms with Crippen LogP contribution in [0.5, 0.6) is 11.5 Å². The molecule has 0 atom stereocenters. The average Bonchev–Trinajstić information content (AvgIpc) is 3.20. The molecule has 0 saturated carbocycles. The van der Waals surface area contributed by atoms with E-state index in [-0.39, 0.29) is 30.2 Å². The fourth-order valence-electron chi connectivity index (χ4n) is 4.43. The zero-order valence-corrected chi connectivity index (χ0v) is 21.9. The van der Waals surface area contributed by atoms with Crippen molar-refractivity contribution in [2.45, 2.75) is 13.5 Å². The SMILES string of the molecule is CCOc1cc(/C=C2\SC(=O)N(Cc3cccc4ccccc34)C2=O)ccc1OCC(=O)N1CCOCC1. The van der Waals surface area contributed by atoms with Crippen LogP contribution in [0.25, 0.3) is 16.8 Å². The number of thioether (sulfide) groups is 1. The quantitative estimate of drug-likeness (QED) is 0.389. The maximum atomic E-state index is 13.2. The Bertz CT molecular complexity index is 1390. The molecule has 38 heavy (non-hydrogen) atoms. The van der Waals surface area contributed by atoms with Crippen molar-refractivity contribution >= 4 is 45.7 Å². The molecule has 0 aromatic heterocycles. The van der Waals surface area contributed by atoms with E-state index in [1.807, 2.05) is 49.4 Å². The number of amides is 3. The molecule has 8 nitrogen and oxygen atoms in total. The maximum absolute atomic E-state index is 13.2. The molecule has 0 radical (unpaired) electrons. The Morgan fingerprint density at radius 3 is 2.61 bits per heavy atom. The van der Waals surface area contributed by atoms with Crippen molar-refractivity contribution in [2.24, 2.45) is 0 Å². The summed E-state index contributed by atoms with van der Waals surface area (Å²) in [6, 6.07) is 19.0. The van der Waals surface area contributed by atoms with Crippen LogP contribution in [0, 0.1) is 0 Å². The fraction of sp³-hybridized carbons (Fsp3) is 0.276. The predicted octanol–water partition coefficient (Wildman–Crippen LogP) is 4.71. The molecule has 0 aliphatic carbocycles. The van der Waals surface area contributed by atoms with E-state index in [0.29, 0.717) is 54.9 Å². The molecule has 0 N–H and O–H groups in total. The number of fused-ring (bicyclic) bond motifs is 1. The van der Waals surface area contributed by atoms with Crippen molar-refractivity contribution in [3.8, 4) is 11.5 Å². The van der Waals surface area contributed by atoms with E-state index in [1.54, 1.807) is 29.2 Å². The molecule has 2 heterocycles. The largest absolute Gasteiger partial charge is 0.490 e. The van der Waals surface area contributed by atoms with Gasteiger partial charge in [-0.25, -0.2) is 0 Å². The van der Waals surface area contributed by atoms with Gasteiger partial charge in [0, 0.05) is 13.1 Å². The van der Waals surface area contributed by atoms with Crippen molar-refractivity contribution in [2.75, 3.05) is 39.5 Å². The van der Waals surface area contributed by atoms with E-state index >= 15 is 0 Å². The summed E-state index contributed by atoms with van der Waals surface area (Å²) >= 11 is 0.921.